The van der Waals surface area contributed by atoms with Gasteiger partial charge in [-0.3, -0.25) is 14.8 Å². The fourth-order valence-electron chi connectivity index (χ4n) is 4.22. The number of nitrogens with one attached hydrogen (secondary N) is 1. The quantitative estimate of drug-likeness (QED) is 0.321. The molecule has 178 valence electrons. The highest BCUT2D eigenvalue weighted by Gasteiger charge is 2.42. The number of aliphatic hydroxyl groups is 1. The van der Waals surface area contributed by atoms with Gasteiger partial charge in [-0.05, 0) is 17.7 Å². The Kier molecular flexibility index (Phi) is 6.93. The molecule has 0 spiro atoms. The maximum absolute atomic E-state index is 13.4. The minimum absolute atomic E-state index is 0.143. The third kappa shape index (κ3) is 4.93. The zero-order valence-electron chi connectivity index (χ0n) is 19.4. The number of pyridine rings is 2. The molecular weight excluding hydrogens is 468 g/mol. The topological polar surface area (TPSA) is 88.0 Å². The monoisotopic (exact) mass is 492 g/mol. The van der Waals surface area contributed by atoms with E-state index in [9.17, 15) is 9.90 Å². The van der Waals surface area contributed by atoms with Crippen molar-refractivity contribution in [2.24, 2.45) is 0 Å². The Balaban J connectivity index is 1.49. The highest BCUT2D eigenvalue weighted by molar-refractivity contribution is 7.15. The normalized spacial score (nSPS) is 12.1. The van der Waals surface area contributed by atoms with Gasteiger partial charge in [-0.15, -0.1) is 11.3 Å². The number of carbonyl (C=O) groups excluding carboxylic acids is 1. The standard InChI is InChI=1S/C29H24N4O2S/c34-26(17-25-20-32-28(36-25)22-11-5-2-6-12-22)33-27(21-9-3-1-4-10-21)29(35,23-13-7-15-30-18-23)24-14-8-16-31-19-24/h1-16,18-20,27,35H,17H2,(H,33,34)/t27-/m1/s1. The van der Waals surface area contributed by atoms with E-state index in [0.29, 0.717) is 11.1 Å². The number of thiazole rings is 1. The van der Waals surface area contributed by atoms with Crippen LogP contribution in [0.3, 0.4) is 0 Å². The molecule has 0 bridgehead atoms. The third-order valence-electron chi connectivity index (χ3n) is 5.97. The van der Waals surface area contributed by atoms with Crippen LogP contribution in [-0.2, 0) is 16.8 Å². The van der Waals surface area contributed by atoms with Crippen LogP contribution in [0.15, 0.2) is 116 Å². The summed E-state index contributed by atoms with van der Waals surface area (Å²) in [5, 5.41) is 16.3. The zero-order chi connectivity index (χ0) is 24.8. The van der Waals surface area contributed by atoms with Crippen LogP contribution in [0.4, 0.5) is 0 Å². The summed E-state index contributed by atoms with van der Waals surface area (Å²) >= 11 is 1.48. The minimum atomic E-state index is -1.61. The molecule has 2 aromatic carbocycles. The lowest BCUT2D eigenvalue weighted by molar-refractivity contribution is -0.123. The third-order valence-corrected chi connectivity index (χ3v) is 7.01. The van der Waals surface area contributed by atoms with E-state index >= 15 is 0 Å². The molecule has 2 N–H and O–H groups in total. The molecule has 3 aromatic heterocycles. The highest BCUT2D eigenvalue weighted by atomic mass is 32.1. The molecule has 0 saturated heterocycles. The average molecular weight is 493 g/mol. The molecular formula is C29H24N4O2S. The first-order valence-electron chi connectivity index (χ1n) is 11.5. The van der Waals surface area contributed by atoms with Gasteiger partial charge in [0, 0.05) is 52.6 Å². The second-order valence-corrected chi connectivity index (χ2v) is 9.45. The molecule has 1 atom stereocenters. The van der Waals surface area contributed by atoms with Gasteiger partial charge in [0.25, 0.3) is 0 Å². The van der Waals surface area contributed by atoms with E-state index in [0.717, 1.165) is 21.0 Å². The van der Waals surface area contributed by atoms with Crippen LogP contribution in [0, 0.1) is 0 Å². The van der Waals surface area contributed by atoms with Crippen LogP contribution in [-0.4, -0.2) is 26.0 Å². The first kappa shape index (κ1) is 23.5. The first-order chi connectivity index (χ1) is 17.6. The van der Waals surface area contributed by atoms with Crippen molar-refractivity contribution in [3.63, 3.8) is 0 Å². The fraction of sp³-hybridized carbons (Fsp3) is 0.103. The summed E-state index contributed by atoms with van der Waals surface area (Å²) < 4.78 is 0. The van der Waals surface area contributed by atoms with Crippen LogP contribution in [0.1, 0.15) is 27.6 Å². The summed E-state index contributed by atoms with van der Waals surface area (Å²) in [6.45, 7) is 0. The molecule has 0 saturated carbocycles. The smallest absolute Gasteiger partial charge is 0.225 e. The van der Waals surface area contributed by atoms with E-state index in [-0.39, 0.29) is 12.3 Å². The molecule has 1 amide bonds. The van der Waals surface area contributed by atoms with E-state index < -0.39 is 11.6 Å². The van der Waals surface area contributed by atoms with Gasteiger partial charge in [-0.25, -0.2) is 4.98 Å². The second kappa shape index (κ2) is 10.6. The summed E-state index contributed by atoms with van der Waals surface area (Å²) in [4.78, 5) is 27.2. The van der Waals surface area contributed by atoms with Crippen LogP contribution in [0.25, 0.3) is 10.6 Å². The lowest BCUT2D eigenvalue weighted by Crippen LogP contribution is -2.45. The molecule has 0 fully saturated rings. The molecule has 0 unspecified atom stereocenters. The summed E-state index contributed by atoms with van der Waals surface area (Å²) in [6.07, 6.45) is 8.41. The molecule has 0 radical (unpaired) electrons. The Hall–Kier alpha value is -4.20. The largest absolute Gasteiger partial charge is 0.378 e. The molecule has 0 aliphatic carbocycles. The number of amides is 1. The van der Waals surface area contributed by atoms with Gasteiger partial charge in [0.15, 0.2) is 0 Å². The fourth-order valence-corrected chi connectivity index (χ4v) is 5.14. The molecule has 5 aromatic rings. The Morgan fingerprint density at radius 1 is 0.833 bits per heavy atom. The Labute approximate surface area is 213 Å². The number of hydrogen-bond acceptors (Lipinski definition) is 6. The molecule has 0 aliphatic rings. The summed E-state index contributed by atoms with van der Waals surface area (Å²) in [5.41, 5.74) is 1.27. The number of aromatic nitrogens is 3. The van der Waals surface area contributed by atoms with Crippen LogP contribution >= 0.6 is 11.3 Å². The molecule has 6 nitrogen and oxygen atoms in total. The SMILES string of the molecule is O=C(Cc1cnc(-c2ccccc2)s1)N[C@H](c1ccccc1)C(O)(c1cccnc1)c1cccnc1. The average Bonchev–Trinajstić information content (AvgIpc) is 3.41. The van der Waals surface area contributed by atoms with Gasteiger partial charge in [0.05, 0.1) is 12.5 Å². The van der Waals surface area contributed by atoms with Crippen molar-refractivity contribution in [3.8, 4) is 10.6 Å². The van der Waals surface area contributed by atoms with Crippen molar-refractivity contribution < 1.29 is 9.90 Å². The van der Waals surface area contributed by atoms with Crippen LogP contribution in [0.2, 0.25) is 0 Å². The Morgan fingerprint density at radius 3 is 2.03 bits per heavy atom. The zero-order valence-corrected chi connectivity index (χ0v) is 20.2. The number of nitrogens with zero attached hydrogens (tertiary/aromatic N) is 3. The van der Waals surface area contributed by atoms with E-state index in [1.54, 1.807) is 55.2 Å². The predicted molar refractivity (Wildman–Crippen MR) is 140 cm³/mol. The molecule has 0 aliphatic heterocycles. The van der Waals surface area contributed by atoms with Crippen molar-refractivity contribution >= 4 is 17.2 Å². The minimum Gasteiger partial charge on any atom is -0.378 e. The summed E-state index contributed by atoms with van der Waals surface area (Å²) in [7, 11) is 0. The summed E-state index contributed by atoms with van der Waals surface area (Å²) in [5.74, 6) is -0.224. The number of benzene rings is 2. The van der Waals surface area contributed by atoms with Gasteiger partial charge in [-0.2, -0.15) is 0 Å². The van der Waals surface area contributed by atoms with E-state index in [1.165, 1.54) is 11.3 Å². The molecule has 36 heavy (non-hydrogen) atoms. The molecule has 5 rings (SSSR count). The Morgan fingerprint density at radius 2 is 1.44 bits per heavy atom. The molecule has 7 heteroatoms. The van der Waals surface area contributed by atoms with Crippen LogP contribution in [0.5, 0.6) is 0 Å². The summed E-state index contributed by atoms with van der Waals surface area (Å²) in [6, 6.07) is 25.7. The van der Waals surface area contributed by atoms with Crippen molar-refractivity contribution in [2.75, 3.05) is 0 Å². The van der Waals surface area contributed by atoms with Gasteiger partial charge >= 0.3 is 0 Å². The lowest BCUT2D eigenvalue weighted by atomic mass is 9.78. The van der Waals surface area contributed by atoms with Gasteiger partial charge < -0.3 is 10.4 Å². The number of hydrogen-bond donors (Lipinski definition) is 2. The maximum atomic E-state index is 13.4. The van der Waals surface area contributed by atoms with E-state index in [2.05, 4.69) is 20.3 Å². The Bertz CT molecular complexity index is 1370. The lowest BCUT2D eigenvalue weighted by Gasteiger charge is -2.37. The van der Waals surface area contributed by atoms with Gasteiger partial charge in [-0.1, -0.05) is 72.8 Å². The van der Waals surface area contributed by atoms with Crippen molar-refractivity contribution in [1.29, 1.82) is 0 Å². The van der Waals surface area contributed by atoms with Gasteiger partial charge in [0.2, 0.25) is 5.91 Å². The van der Waals surface area contributed by atoms with E-state index in [1.807, 2.05) is 60.7 Å². The van der Waals surface area contributed by atoms with Crippen molar-refractivity contribution in [1.82, 2.24) is 20.3 Å². The van der Waals surface area contributed by atoms with Gasteiger partial charge in [0.1, 0.15) is 10.6 Å². The number of rotatable bonds is 8. The van der Waals surface area contributed by atoms with Crippen LogP contribution < -0.4 is 5.32 Å². The van der Waals surface area contributed by atoms with Crippen molar-refractivity contribution in [2.45, 2.75) is 18.1 Å². The van der Waals surface area contributed by atoms with Crippen molar-refractivity contribution in [3.05, 3.63) is 137 Å². The van der Waals surface area contributed by atoms with E-state index in [4.69, 9.17) is 0 Å². The maximum Gasteiger partial charge on any atom is 0.225 e. The first-order valence-corrected chi connectivity index (χ1v) is 12.3. The second-order valence-electron chi connectivity index (χ2n) is 8.34. The predicted octanol–water partition coefficient (Wildman–Crippen LogP) is 4.94. The highest BCUT2D eigenvalue weighted by Crippen LogP contribution is 2.40. The number of carbonyl (C=O) groups is 1. The molecule has 3 heterocycles.